The lowest BCUT2D eigenvalue weighted by Crippen LogP contribution is -2.06. The van der Waals surface area contributed by atoms with Gasteiger partial charge in [-0.25, -0.2) is 9.78 Å². The first-order valence-corrected chi connectivity index (χ1v) is 6.97. The summed E-state index contributed by atoms with van der Waals surface area (Å²) in [4.78, 5) is 14.7. The van der Waals surface area contributed by atoms with Gasteiger partial charge in [0.15, 0.2) is 5.69 Å². The van der Waals surface area contributed by atoms with Gasteiger partial charge in [0, 0.05) is 23.4 Å². The smallest absolute Gasteiger partial charge is 0.355 e. The first-order valence-electron chi connectivity index (χ1n) is 5.71. The van der Waals surface area contributed by atoms with Crippen LogP contribution in [0.4, 0.5) is 5.69 Å². The molecule has 1 aromatic heterocycles. The Morgan fingerprint density at radius 2 is 2.35 bits per heavy atom. The maximum absolute atomic E-state index is 10.7. The number of hydrogen-bond donors (Lipinski definition) is 2. The van der Waals surface area contributed by atoms with Gasteiger partial charge in [0.2, 0.25) is 0 Å². The molecule has 20 heavy (non-hydrogen) atoms. The molecule has 1 heterocycles. The van der Waals surface area contributed by atoms with E-state index in [2.05, 4.69) is 16.4 Å². The van der Waals surface area contributed by atoms with Crippen LogP contribution in [-0.2, 0) is 6.42 Å². The molecule has 2 N–H and O–H groups in total. The normalized spacial score (nSPS) is 10.0. The van der Waals surface area contributed by atoms with E-state index in [4.69, 9.17) is 22.0 Å². The summed E-state index contributed by atoms with van der Waals surface area (Å²) in [6.07, 6.45) is 0.589. The van der Waals surface area contributed by atoms with Crippen molar-refractivity contribution in [1.29, 1.82) is 5.26 Å². The third kappa shape index (κ3) is 3.47. The molecule has 0 unspecified atom stereocenters. The fourth-order valence-corrected chi connectivity index (χ4v) is 2.54. The molecule has 2 rings (SSSR count). The number of aromatic carboxylic acids is 1. The van der Waals surface area contributed by atoms with Crippen molar-refractivity contribution in [2.75, 3.05) is 11.9 Å². The Balaban J connectivity index is 1.96. The number of nitrogens with zero attached hydrogens (tertiary/aromatic N) is 2. The van der Waals surface area contributed by atoms with Crippen LogP contribution < -0.4 is 5.32 Å². The van der Waals surface area contributed by atoms with Crippen molar-refractivity contribution in [1.82, 2.24) is 4.98 Å². The number of benzene rings is 1. The van der Waals surface area contributed by atoms with E-state index in [9.17, 15) is 4.79 Å². The Morgan fingerprint density at radius 3 is 3.00 bits per heavy atom. The van der Waals surface area contributed by atoms with Crippen molar-refractivity contribution in [3.05, 3.63) is 44.9 Å². The van der Waals surface area contributed by atoms with Crippen LogP contribution in [0.15, 0.2) is 23.6 Å². The largest absolute Gasteiger partial charge is 0.476 e. The number of nitrogens with one attached hydrogen (secondary N) is 1. The molecule has 5 nitrogen and oxygen atoms in total. The van der Waals surface area contributed by atoms with Gasteiger partial charge in [-0.2, -0.15) is 5.26 Å². The fourth-order valence-electron chi connectivity index (χ4n) is 1.59. The van der Waals surface area contributed by atoms with Crippen LogP contribution in [0.25, 0.3) is 0 Å². The van der Waals surface area contributed by atoms with Crippen molar-refractivity contribution < 1.29 is 9.90 Å². The number of carboxylic acid groups (broad SMARTS) is 1. The first-order chi connectivity index (χ1) is 9.60. The molecule has 2 aromatic rings. The lowest BCUT2D eigenvalue weighted by Gasteiger charge is -2.07. The Morgan fingerprint density at radius 1 is 1.55 bits per heavy atom. The van der Waals surface area contributed by atoms with Gasteiger partial charge in [-0.1, -0.05) is 11.6 Å². The van der Waals surface area contributed by atoms with Gasteiger partial charge in [0.05, 0.1) is 16.3 Å². The average Bonchev–Trinajstić information content (AvgIpc) is 2.89. The molecule has 102 valence electrons. The van der Waals surface area contributed by atoms with Crippen LogP contribution in [0, 0.1) is 11.3 Å². The number of nitriles is 1. The van der Waals surface area contributed by atoms with E-state index in [0.29, 0.717) is 29.2 Å². The summed E-state index contributed by atoms with van der Waals surface area (Å²) in [5.74, 6) is -1.02. The van der Waals surface area contributed by atoms with Gasteiger partial charge >= 0.3 is 5.97 Å². The molecule has 0 atom stereocenters. The molecule has 0 aliphatic heterocycles. The second kappa shape index (κ2) is 6.37. The molecule has 0 aliphatic rings. The van der Waals surface area contributed by atoms with E-state index in [-0.39, 0.29) is 5.69 Å². The topological polar surface area (TPSA) is 86.0 Å². The molecule has 0 spiro atoms. The third-order valence-corrected chi connectivity index (χ3v) is 3.67. The lowest BCUT2D eigenvalue weighted by atomic mass is 10.2. The summed E-state index contributed by atoms with van der Waals surface area (Å²) in [5.41, 5.74) is 1.24. The van der Waals surface area contributed by atoms with Crippen LogP contribution in [0.2, 0.25) is 5.02 Å². The van der Waals surface area contributed by atoms with Gasteiger partial charge in [-0.3, -0.25) is 0 Å². The molecular formula is C13H10ClN3O2S. The summed E-state index contributed by atoms with van der Waals surface area (Å²) < 4.78 is 0. The molecule has 1 aromatic carbocycles. The fraction of sp³-hybridized carbons (Fsp3) is 0.154. The highest BCUT2D eigenvalue weighted by Gasteiger charge is 2.08. The standard InChI is InChI=1S/C13H10ClN3O2S/c14-9-1-2-10(8(5-9)6-15)16-4-3-12-17-11(7-20-12)13(18)19/h1-2,5,7,16H,3-4H2,(H,18,19). The summed E-state index contributed by atoms with van der Waals surface area (Å²) in [5, 5.41) is 23.7. The second-order valence-corrected chi connectivity index (χ2v) is 5.29. The zero-order valence-electron chi connectivity index (χ0n) is 10.3. The maximum atomic E-state index is 10.7. The van der Waals surface area contributed by atoms with E-state index in [1.807, 2.05) is 0 Å². The van der Waals surface area contributed by atoms with Gasteiger partial charge in [0.1, 0.15) is 6.07 Å². The van der Waals surface area contributed by atoms with Crippen molar-refractivity contribution >= 4 is 34.6 Å². The minimum atomic E-state index is -1.02. The number of rotatable bonds is 5. The predicted octanol–water partition coefficient (Wildman–Crippen LogP) is 3.02. The highest BCUT2D eigenvalue weighted by Crippen LogP contribution is 2.20. The molecule has 0 fully saturated rings. The van der Waals surface area contributed by atoms with Crippen LogP contribution in [0.3, 0.4) is 0 Å². The number of thiazole rings is 1. The zero-order chi connectivity index (χ0) is 14.5. The Labute approximate surface area is 124 Å². The van der Waals surface area contributed by atoms with Gasteiger partial charge < -0.3 is 10.4 Å². The van der Waals surface area contributed by atoms with Gasteiger partial charge in [-0.05, 0) is 18.2 Å². The number of halogens is 1. The number of anilines is 1. The highest BCUT2D eigenvalue weighted by molar-refractivity contribution is 7.09. The van der Waals surface area contributed by atoms with Gasteiger partial charge in [-0.15, -0.1) is 11.3 Å². The summed E-state index contributed by atoms with van der Waals surface area (Å²) in [6.45, 7) is 0.558. The monoisotopic (exact) mass is 307 g/mol. The van der Waals surface area contributed by atoms with E-state index < -0.39 is 5.97 Å². The molecule has 0 saturated carbocycles. The first kappa shape index (κ1) is 14.3. The number of carboxylic acids is 1. The Bertz CT molecular complexity index is 678. The SMILES string of the molecule is N#Cc1cc(Cl)ccc1NCCc1nc(C(=O)O)cs1. The lowest BCUT2D eigenvalue weighted by molar-refractivity contribution is 0.0691. The minimum absolute atomic E-state index is 0.0641. The molecular weight excluding hydrogens is 298 g/mol. The molecule has 0 saturated heterocycles. The van der Waals surface area contributed by atoms with Crippen LogP contribution in [-0.4, -0.2) is 22.6 Å². The van der Waals surface area contributed by atoms with Crippen LogP contribution in [0.1, 0.15) is 21.1 Å². The highest BCUT2D eigenvalue weighted by atomic mass is 35.5. The molecule has 7 heteroatoms. The van der Waals surface area contributed by atoms with E-state index in [0.717, 1.165) is 5.01 Å². The summed E-state index contributed by atoms with van der Waals surface area (Å²) >= 11 is 7.12. The second-order valence-electron chi connectivity index (χ2n) is 3.91. The Kier molecular flexibility index (Phi) is 4.56. The molecule has 0 aliphatic carbocycles. The predicted molar refractivity (Wildman–Crippen MR) is 77.4 cm³/mol. The van der Waals surface area contributed by atoms with E-state index >= 15 is 0 Å². The zero-order valence-corrected chi connectivity index (χ0v) is 11.8. The average molecular weight is 308 g/mol. The number of hydrogen-bond acceptors (Lipinski definition) is 5. The summed E-state index contributed by atoms with van der Waals surface area (Å²) in [7, 11) is 0. The third-order valence-electron chi connectivity index (χ3n) is 2.53. The molecule has 0 amide bonds. The quantitative estimate of drug-likeness (QED) is 0.886. The van der Waals surface area contributed by atoms with Crippen molar-refractivity contribution in [2.24, 2.45) is 0 Å². The number of carbonyl (C=O) groups is 1. The van der Waals surface area contributed by atoms with Crippen LogP contribution in [0.5, 0.6) is 0 Å². The summed E-state index contributed by atoms with van der Waals surface area (Å²) in [6, 6.07) is 7.11. The van der Waals surface area contributed by atoms with Gasteiger partial charge in [0.25, 0.3) is 0 Å². The van der Waals surface area contributed by atoms with E-state index in [1.54, 1.807) is 18.2 Å². The van der Waals surface area contributed by atoms with E-state index in [1.165, 1.54) is 16.7 Å². The molecule has 0 bridgehead atoms. The Hall–Kier alpha value is -2.10. The van der Waals surface area contributed by atoms with Crippen molar-refractivity contribution in [2.45, 2.75) is 6.42 Å². The van der Waals surface area contributed by atoms with Crippen molar-refractivity contribution in [3.63, 3.8) is 0 Å². The maximum Gasteiger partial charge on any atom is 0.355 e. The minimum Gasteiger partial charge on any atom is -0.476 e. The molecule has 0 radical (unpaired) electrons. The van der Waals surface area contributed by atoms with Crippen molar-refractivity contribution in [3.8, 4) is 6.07 Å². The number of aromatic nitrogens is 1. The van der Waals surface area contributed by atoms with Crippen LogP contribution >= 0.6 is 22.9 Å².